The highest BCUT2D eigenvalue weighted by Crippen LogP contribution is 2.64. The molecule has 0 aliphatic carbocycles. The first-order chi connectivity index (χ1) is 13.2. The maximum Gasteiger partial charge on any atom is 0.279 e. The van der Waals surface area contributed by atoms with Gasteiger partial charge in [0.1, 0.15) is 0 Å². The number of ether oxygens (including phenoxy) is 1. The topological polar surface area (TPSA) is 55.0 Å². The second kappa shape index (κ2) is 10.9. The summed E-state index contributed by atoms with van der Waals surface area (Å²) in [6.45, 7) is 4.47. The molecule has 0 radical (unpaired) electrons. The van der Waals surface area contributed by atoms with Crippen molar-refractivity contribution in [2.45, 2.75) is 49.3 Å². The first-order valence-electron chi connectivity index (χ1n) is 8.80. The average Bonchev–Trinajstić information content (AvgIpc) is 3.28. The zero-order valence-corrected chi connectivity index (χ0v) is 20.4. The Morgan fingerprint density at radius 1 is 0.926 bits per heavy atom. The van der Waals surface area contributed by atoms with Gasteiger partial charge in [-0.05, 0) is 24.3 Å². The highest BCUT2D eigenvalue weighted by molar-refractivity contribution is 8.42. The zero-order chi connectivity index (χ0) is 19.2. The lowest BCUT2D eigenvalue weighted by Crippen LogP contribution is -2.11. The third-order valence-corrected chi connectivity index (χ3v) is 12.4. The quantitative estimate of drug-likeness (QED) is 0.387. The van der Waals surface area contributed by atoms with Gasteiger partial charge in [-0.2, -0.15) is 0 Å². The predicted octanol–water partition coefficient (Wildman–Crippen LogP) is 6.78. The molecule has 27 heavy (non-hydrogen) atoms. The van der Waals surface area contributed by atoms with Crippen molar-refractivity contribution in [3.63, 3.8) is 0 Å². The van der Waals surface area contributed by atoms with Crippen LogP contribution in [0, 0.1) is 0 Å². The van der Waals surface area contributed by atoms with Gasteiger partial charge in [0.05, 0.1) is 33.8 Å². The molecule has 0 saturated carbocycles. The Labute approximate surface area is 185 Å². The van der Waals surface area contributed by atoms with Crippen LogP contribution in [-0.4, -0.2) is 28.8 Å². The molecule has 1 aromatic heterocycles. The second-order valence-corrected chi connectivity index (χ2v) is 13.0. The Morgan fingerprint density at radius 3 is 2.04 bits per heavy atom. The van der Waals surface area contributed by atoms with Crippen LogP contribution in [0.25, 0.3) is 0 Å². The van der Waals surface area contributed by atoms with Crippen molar-refractivity contribution in [1.29, 1.82) is 0 Å². The van der Waals surface area contributed by atoms with Crippen molar-refractivity contribution in [2.24, 2.45) is 0 Å². The molecule has 3 heterocycles. The second-order valence-electron chi connectivity index (χ2n) is 5.68. The first kappa shape index (κ1) is 22.0. The van der Waals surface area contributed by atoms with E-state index in [-0.39, 0.29) is 5.56 Å². The third-order valence-electron chi connectivity index (χ3n) is 3.61. The summed E-state index contributed by atoms with van der Waals surface area (Å²) in [6, 6.07) is 0. The van der Waals surface area contributed by atoms with Gasteiger partial charge < -0.3 is 4.74 Å². The van der Waals surface area contributed by atoms with E-state index >= 15 is 0 Å². The normalized spacial score (nSPS) is 16.4. The number of nitrogens with one attached hydrogen (secondary N) is 1. The van der Waals surface area contributed by atoms with Gasteiger partial charge in [0.15, 0.2) is 0 Å². The lowest BCUT2D eigenvalue weighted by molar-refractivity contribution is 0.376. The molecule has 0 unspecified atom stereocenters. The summed E-state index contributed by atoms with van der Waals surface area (Å²) in [5.74, 6) is 2.82. The number of hydrogen-bond acceptors (Lipinski definition) is 9. The molecule has 2 aliphatic rings. The van der Waals surface area contributed by atoms with Gasteiger partial charge in [0.25, 0.3) is 5.56 Å². The summed E-state index contributed by atoms with van der Waals surface area (Å²) < 4.78 is 10.6. The summed E-state index contributed by atoms with van der Waals surface area (Å²) in [6.07, 6.45) is 4.93. The molecule has 1 aromatic rings. The molecule has 0 spiro atoms. The van der Waals surface area contributed by atoms with E-state index in [9.17, 15) is 4.79 Å². The maximum absolute atomic E-state index is 12.2. The smallest absolute Gasteiger partial charge is 0.279 e. The number of unbranched alkanes of at least 4 members (excludes halogenated alkanes) is 2. The van der Waals surface area contributed by atoms with Crippen LogP contribution in [0.3, 0.4) is 0 Å². The van der Waals surface area contributed by atoms with Crippen molar-refractivity contribution in [3.05, 3.63) is 27.3 Å². The fraction of sp³-hybridized carbons (Fsp3) is 0.529. The Balaban J connectivity index is 1.78. The van der Waals surface area contributed by atoms with E-state index in [0.717, 1.165) is 20.6 Å². The number of rotatable bonds is 9. The number of thioether (sulfide) groups is 6. The van der Waals surface area contributed by atoms with E-state index in [1.165, 1.54) is 38.4 Å². The van der Waals surface area contributed by atoms with Crippen LogP contribution < -0.4 is 10.3 Å². The Hall–Kier alpha value is 0.260. The zero-order valence-electron chi connectivity index (χ0n) is 15.5. The highest BCUT2D eigenvalue weighted by atomic mass is 32.3. The van der Waals surface area contributed by atoms with Gasteiger partial charge in [-0.1, -0.05) is 73.7 Å². The largest absolute Gasteiger partial charge is 0.479 e. The molecule has 2 aliphatic heterocycles. The molecule has 0 amide bonds. The number of methoxy groups -OCH3 is 1. The van der Waals surface area contributed by atoms with Crippen molar-refractivity contribution < 1.29 is 4.74 Å². The van der Waals surface area contributed by atoms with Gasteiger partial charge >= 0.3 is 0 Å². The molecular weight excluding hydrogens is 457 g/mol. The molecule has 0 atom stereocenters. The van der Waals surface area contributed by atoms with E-state index in [2.05, 4.69) is 24.0 Å². The highest BCUT2D eigenvalue weighted by Gasteiger charge is 2.32. The SMILES string of the molecule is CCCCSC1=C(SCCCC)SC(=C2Sc3c(OC)n[nH]c(=O)c3S2)S1. The fourth-order valence-corrected chi connectivity index (χ4v) is 11.1. The summed E-state index contributed by atoms with van der Waals surface area (Å²) in [5.41, 5.74) is -0.144. The number of nitrogens with zero attached hydrogens (tertiary/aromatic N) is 1. The number of aromatic nitrogens is 2. The maximum atomic E-state index is 12.2. The lowest BCUT2D eigenvalue weighted by atomic mass is 10.4. The number of H-pyrrole nitrogens is 1. The number of fused-ring (bicyclic) bond motifs is 1. The van der Waals surface area contributed by atoms with Crippen molar-refractivity contribution in [2.75, 3.05) is 18.6 Å². The van der Waals surface area contributed by atoms with Crippen molar-refractivity contribution >= 4 is 70.6 Å². The van der Waals surface area contributed by atoms with Gasteiger partial charge in [0, 0.05) is 0 Å². The molecule has 3 rings (SSSR count). The standard InChI is InChI=1S/C17H22N2O2S6/c1-4-6-8-22-14-15(23-9-7-5-2)27-17(26-14)16-24-10-11(25-16)13(21-3)19-18-12(10)20/h4-9H2,1-3H3,(H,18,20). The molecule has 0 aromatic carbocycles. The molecule has 0 fully saturated rings. The third kappa shape index (κ3) is 5.45. The fourth-order valence-electron chi connectivity index (χ4n) is 2.17. The van der Waals surface area contributed by atoms with Gasteiger partial charge in [0.2, 0.25) is 5.88 Å². The summed E-state index contributed by atoms with van der Waals surface area (Å²) in [5, 5.41) is 6.54. The first-order valence-corrected chi connectivity index (χ1v) is 14.0. The minimum atomic E-state index is -0.144. The minimum absolute atomic E-state index is 0.144. The Bertz CT molecular complexity index is 781. The molecule has 148 valence electrons. The summed E-state index contributed by atoms with van der Waals surface area (Å²) in [7, 11) is 1.59. The summed E-state index contributed by atoms with van der Waals surface area (Å²) >= 11 is 10.8. The van der Waals surface area contributed by atoms with E-state index in [4.69, 9.17) is 4.74 Å². The van der Waals surface area contributed by atoms with Crippen LogP contribution in [0.5, 0.6) is 5.88 Å². The number of aromatic amines is 1. The van der Waals surface area contributed by atoms with E-state index < -0.39 is 0 Å². The van der Waals surface area contributed by atoms with E-state index in [1.54, 1.807) is 30.6 Å². The average molecular weight is 479 g/mol. The Kier molecular flexibility index (Phi) is 8.84. The predicted molar refractivity (Wildman–Crippen MR) is 127 cm³/mol. The Morgan fingerprint density at radius 2 is 1.48 bits per heavy atom. The van der Waals surface area contributed by atoms with E-state index in [1.807, 2.05) is 47.0 Å². The van der Waals surface area contributed by atoms with Gasteiger partial charge in [-0.3, -0.25) is 4.79 Å². The van der Waals surface area contributed by atoms with Gasteiger partial charge in [-0.25, -0.2) is 5.10 Å². The van der Waals surface area contributed by atoms with Gasteiger partial charge in [-0.15, -0.1) is 28.6 Å². The minimum Gasteiger partial charge on any atom is -0.479 e. The van der Waals surface area contributed by atoms with Crippen LogP contribution in [0.4, 0.5) is 0 Å². The van der Waals surface area contributed by atoms with Crippen LogP contribution in [-0.2, 0) is 0 Å². The lowest BCUT2D eigenvalue weighted by Gasteiger charge is -2.03. The molecule has 0 bridgehead atoms. The van der Waals surface area contributed by atoms with Crippen molar-refractivity contribution in [3.8, 4) is 5.88 Å². The summed E-state index contributed by atoms with van der Waals surface area (Å²) in [4.78, 5) is 13.7. The molecule has 1 N–H and O–H groups in total. The monoisotopic (exact) mass is 478 g/mol. The molecule has 10 heteroatoms. The van der Waals surface area contributed by atoms with Crippen LogP contribution in [0.1, 0.15) is 39.5 Å². The van der Waals surface area contributed by atoms with Crippen molar-refractivity contribution in [1.82, 2.24) is 10.2 Å². The van der Waals surface area contributed by atoms with Crippen LogP contribution >= 0.6 is 70.6 Å². The molecule has 4 nitrogen and oxygen atoms in total. The number of hydrogen-bond donors (Lipinski definition) is 1. The molecular formula is C17H22N2O2S6. The molecule has 0 saturated heterocycles. The van der Waals surface area contributed by atoms with Crippen LogP contribution in [0.2, 0.25) is 0 Å². The van der Waals surface area contributed by atoms with E-state index in [0.29, 0.717) is 10.8 Å². The van der Waals surface area contributed by atoms with Crippen LogP contribution in [0.15, 0.2) is 31.5 Å².